The van der Waals surface area contributed by atoms with Gasteiger partial charge >= 0.3 is 0 Å². The number of hydrogen-bond donors (Lipinski definition) is 2. The number of rotatable bonds is 5. The van der Waals surface area contributed by atoms with Crippen molar-refractivity contribution in [3.63, 3.8) is 0 Å². The van der Waals surface area contributed by atoms with Crippen LogP contribution in [0.4, 0.5) is 5.82 Å². The Bertz CT molecular complexity index is 455. The van der Waals surface area contributed by atoms with Gasteiger partial charge in [0, 0.05) is 12.1 Å². The van der Waals surface area contributed by atoms with Gasteiger partial charge in [0.2, 0.25) is 5.91 Å². The standard InChI is InChI=1S/C12H20N4OS/c1-5-12(4,10(13)18)11(17)15-9-6-7-14-16(9)8(2)3/h6-8H,5H2,1-4H3,(H2,13,18)(H,15,17). The van der Waals surface area contributed by atoms with Crippen LogP contribution in [-0.2, 0) is 4.79 Å². The van der Waals surface area contributed by atoms with E-state index in [1.54, 1.807) is 23.9 Å². The van der Waals surface area contributed by atoms with Crippen molar-refractivity contribution in [2.45, 2.75) is 40.2 Å². The molecular weight excluding hydrogens is 248 g/mol. The fourth-order valence-electron chi connectivity index (χ4n) is 1.53. The molecule has 1 rings (SSSR count). The summed E-state index contributed by atoms with van der Waals surface area (Å²) < 4.78 is 1.74. The van der Waals surface area contributed by atoms with E-state index in [9.17, 15) is 4.79 Å². The van der Waals surface area contributed by atoms with E-state index < -0.39 is 5.41 Å². The summed E-state index contributed by atoms with van der Waals surface area (Å²) in [4.78, 5) is 12.5. The molecule has 6 heteroatoms. The number of hydrogen-bond acceptors (Lipinski definition) is 3. The van der Waals surface area contributed by atoms with Crippen LogP contribution in [0.15, 0.2) is 12.3 Å². The van der Waals surface area contributed by atoms with Crippen LogP contribution in [0.2, 0.25) is 0 Å². The molecule has 0 bridgehead atoms. The second-order valence-corrected chi connectivity index (χ2v) is 5.20. The maximum absolute atomic E-state index is 12.3. The molecule has 0 aromatic carbocycles. The molecule has 1 atom stereocenters. The highest BCUT2D eigenvalue weighted by Crippen LogP contribution is 2.24. The zero-order chi connectivity index (χ0) is 13.9. The van der Waals surface area contributed by atoms with Crippen LogP contribution >= 0.6 is 12.2 Å². The molecule has 100 valence electrons. The maximum Gasteiger partial charge on any atom is 0.238 e. The van der Waals surface area contributed by atoms with Gasteiger partial charge in [0.25, 0.3) is 0 Å². The van der Waals surface area contributed by atoms with Gasteiger partial charge in [-0.25, -0.2) is 4.68 Å². The van der Waals surface area contributed by atoms with Gasteiger partial charge in [0.15, 0.2) is 0 Å². The molecule has 3 N–H and O–H groups in total. The van der Waals surface area contributed by atoms with Gasteiger partial charge in [0.1, 0.15) is 5.82 Å². The average Bonchev–Trinajstić information content (AvgIpc) is 2.75. The van der Waals surface area contributed by atoms with E-state index in [4.69, 9.17) is 18.0 Å². The molecule has 18 heavy (non-hydrogen) atoms. The molecule has 0 radical (unpaired) electrons. The maximum atomic E-state index is 12.3. The predicted molar refractivity (Wildman–Crippen MR) is 76.4 cm³/mol. The first-order chi connectivity index (χ1) is 8.32. The molecule has 1 aromatic rings. The number of thiocarbonyl (C=S) groups is 1. The lowest BCUT2D eigenvalue weighted by molar-refractivity contribution is -0.121. The average molecular weight is 268 g/mol. The normalized spacial score (nSPS) is 14.3. The Hall–Kier alpha value is -1.43. The number of carbonyl (C=O) groups excluding carboxylic acids is 1. The van der Waals surface area contributed by atoms with Crippen molar-refractivity contribution in [1.29, 1.82) is 0 Å². The van der Waals surface area contributed by atoms with E-state index in [1.165, 1.54) is 0 Å². The summed E-state index contributed by atoms with van der Waals surface area (Å²) in [5, 5.41) is 7.00. The van der Waals surface area contributed by atoms with E-state index >= 15 is 0 Å². The van der Waals surface area contributed by atoms with Gasteiger partial charge in [0.05, 0.1) is 16.6 Å². The molecule has 1 unspecified atom stereocenters. The summed E-state index contributed by atoms with van der Waals surface area (Å²) >= 11 is 4.98. The van der Waals surface area contributed by atoms with Gasteiger partial charge in [-0.1, -0.05) is 19.1 Å². The molecule has 0 spiro atoms. The first-order valence-corrected chi connectivity index (χ1v) is 6.38. The van der Waals surface area contributed by atoms with Crippen LogP contribution in [0.5, 0.6) is 0 Å². The van der Waals surface area contributed by atoms with Crippen molar-refractivity contribution in [2.75, 3.05) is 5.32 Å². The molecular formula is C12H20N4OS. The van der Waals surface area contributed by atoms with Crippen molar-refractivity contribution in [1.82, 2.24) is 9.78 Å². The van der Waals surface area contributed by atoms with E-state index in [0.717, 1.165) is 0 Å². The summed E-state index contributed by atoms with van der Waals surface area (Å²) in [6.45, 7) is 7.63. The molecule has 0 fully saturated rings. The van der Waals surface area contributed by atoms with Gasteiger partial charge < -0.3 is 11.1 Å². The lowest BCUT2D eigenvalue weighted by atomic mass is 9.86. The van der Waals surface area contributed by atoms with Crippen LogP contribution in [-0.4, -0.2) is 20.7 Å². The summed E-state index contributed by atoms with van der Waals surface area (Å²) in [7, 11) is 0. The third-order valence-corrected chi connectivity index (χ3v) is 3.60. The highest BCUT2D eigenvalue weighted by molar-refractivity contribution is 7.80. The fourth-order valence-corrected chi connectivity index (χ4v) is 1.76. The summed E-state index contributed by atoms with van der Waals surface area (Å²) in [5.74, 6) is 0.464. The topological polar surface area (TPSA) is 72.9 Å². The molecule has 0 aliphatic carbocycles. The predicted octanol–water partition coefficient (Wildman–Crippen LogP) is 2.10. The largest absolute Gasteiger partial charge is 0.392 e. The van der Waals surface area contributed by atoms with E-state index in [0.29, 0.717) is 12.2 Å². The lowest BCUT2D eigenvalue weighted by Gasteiger charge is -2.25. The summed E-state index contributed by atoms with van der Waals surface area (Å²) in [6, 6.07) is 1.93. The Labute approximate surface area is 113 Å². The monoisotopic (exact) mass is 268 g/mol. The second-order valence-electron chi connectivity index (χ2n) is 4.76. The van der Waals surface area contributed by atoms with Crippen LogP contribution in [0.3, 0.4) is 0 Å². The van der Waals surface area contributed by atoms with Gasteiger partial charge in [-0.2, -0.15) is 5.10 Å². The number of anilines is 1. The molecule has 0 aliphatic heterocycles. The Morgan fingerprint density at radius 3 is 2.72 bits per heavy atom. The Morgan fingerprint density at radius 2 is 2.28 bits per heavy atom. The highest BCUT2D eigenvalue weighted by atomic mass is 32.1. The van der Waals surface area contributed by atoms with E-state index in [-0.39, 0.29) is 16.9 Å². The Balaban J connectivity index is 2.94. The van der Waals surface area contributed by atoms with Crippen LogP contribution in [0.1, 0.15) is 40.2 Å². The molecule has 0 saturated heterocycles. The SMILES string of the molecule is CCC(C)(C(=O)Nc1ccnn1C(C)C)C(N)=S. The number of amides is 1. The van der Waals surface area contributed by atoms with Gasteiger partial charge in [-0.15, -0.1) is 0 Å². The van der Waals surface area contributed by atoms with Crippen molar-refractivity contribution in [3.05, 3.63) is 12.3 Å². The van der Waals surface area contributed by atoms with Crippen molar-refractivity contribution < 1.29 is 4.79 Å². The van der Waals surface area contributed by atoms with Crippen molar-refractivity contribution >= 4 is 28.9 Å². The Kier molecular flexibility index (Phi) is 4.45. The number of aromatic nitrogens is 2. The molecule has 1 aromatic heterocycles. The van der Waals surface area contributed by atoms with E-state index in [1.807, 2.05) is 20.8 Å². The number of nitrogens with one attached hydrogen (secondary N) is 1. The first-order valence-electron chi connectivity index (χ1n) is 5.97. The molecule has 0 saturated carbocycles. The van der Waals surface area contributed by atoms with Gasteiger partial charge in [-0.05, 0) is 27.2 Å². The van der Waals surface area contributed by atoms with Crippen LogP contribution in [0.25, 0.3) is 0 Å². The van der Waals surface area contributed by atoms with Crippen LogP contribution < -0.4 is 11.1 Å². The smallest absolute Gasteiger partial charge is 0.238 e. The third kappa shape index (κ3) is 2.69. The molecule has 1 amide bonds. The first kappa shape index (κ1) is 14.6. The van der Waals surface area contributed by atoms with E-state index in [2.05, 4.69) is 10.4 Å². The minimum Gasteiger partial charge on any atom is -0.392 e. The fraction of sp³-hybridized carbons (Fsp3) is 0.583. The molecule has 5 nitrogen and oxygen atoms in total. The number of nitrogens with two attached hydrogens (primary N) is 1. The number of nitrogens with zero attached hydrogens (tertiary/aromatic N) is 2. The lowest BCUT2D eigenvalue weighted by Crippen LogP contribution is -2.43. The zero-order valence-electron chi connectivity index (χ0n) is 11.2. The minimum atomic E-state index is -0.832. The van der Waals surface area contributed by atoms with Crippen LogP contribution in [0, 0.1) is 5.41 Å². The third-order valence-electron chi connectivity index (χ3n) is 3.15. The Morgan fingerprint density at radius 1 is 1.67 bits per heavy atom. The molecule has 0 aliphatic rings. The quantitative estimate of drug-likeness (QED) is 0.802. The van der Waals surface area contributed by atoms with Crippen molar-refractivity contribution in [2.24, 2.45) is 11.1 Å². The zero-order valence-corrected chi connectivity index (χ0v) is 12.0. The van der Waals surface area contributed by atoms with Gasteiger partial charge in [-0.3, -0.25) is 4.79 Å². The minimum absolute atomic E-state index is 0.174. The second kappa shape index (κ2) is 5.48. The summed E-state index contributed by atoms with van der Waals surface area (Å²) in [6.07, 6.45) is 2.21. The number of carbonyl (C=O) groups is 1. The highest BCUT2D eigenvalue weighted by Gasteiger charge is 2.35. The molecule has 1 heterocycles. The summed E-state index contributed by atoms with van der Waals surface area (Å²) in [5.41, 5.74) is 4.83. The van der Waals surface area contributed by atoms with Crippen molar-refractivity contribution in [3.8, 4) is 0 Å².